The van der Waals surface area contributed by atoms with E-state index in [-0.39, 0.29) is 18.5 Å². The maximum atomic E-state index is 12.8. The summed E-state index contributed by atoms with van der Waals surface area (Å²) in [4.78, 5) is 14.7. The minimum Gasteiger partial charge on any atom is -0.389 e. The van der Waals surface area contributed by atoms with Crippen LogP contribution in [0.4, 0.5) is 0 Å². The molecule has 1 unspecified atom stereocenters. The number of fused-ring (bicyclic) bond motifs is 1. The third-order valence-electron chi connectivity index (χ3n) is 5.57. The summed E-state index contributed by atoms with van der Waals surface area (Å²) in [7, 11) is 1.68. The molecule has 0 radical (unpaired) electrons. The van der Waals surface area contributed by atoms with Crippen molar-refractivity contribution in [3.05, 3.63) is 35.4 Å². The Kier molecular flexibility index (Phi) is 6.10. The van der Waals surface area contributed by atoms with Gasteiger partial charge < -0.3 is 20.1 Å². The van der Waals surface area contributed by atoms with Crippen molar-refractivity contribution >= 4 is 5.91 Å². The van der Waals surface area contributed by atoms with Crippen molar-refractivity contribution in [3.63, 3.8) is 0 Å². The van der Waals surface area contributed by atoms with E-state index >= 15 is 0 Å². The standard InChI is InChI=1S/C20H30N2O3/c1-25-14-18-17-8-4-3-7-16(17)9-12-22(18)19(23)13-21-15-20(24)10-5-2-6-11-20/h3-4,7-8,18,21,24H,2,5-6,9-15H2,1H3. The van der Waals surface area contributed by atoms with Crippen LogP contribution in [0.3, 0.4) is 0 Å². The lowest BCUT2D eigenvalue weighted by molar-refractivity contribution is -0.134. The fourth-order valence-electron chi connectivity index (χ4n) is 4.18. The monoisotopic (exact) mass is 346 g/mol. The zero-order chi connectivity index (χ0) is 17.7. The number of aliphatic hydroxyl groups is 1. The molecular weight excluding hydrogens is 316 g/mol. The Bertz CT molecular complexity index is 584. The Morgan fingerprint density at radius 3 is 2.84 bits per heavy atom. The number of hydrogen-bond acceptors (Lipinski definition) is 4. The van der Waals surface area contributed by atoms with Crippen molar-refractivity contribution < 1.29 is 14.6 Å². The molecule has 1 aromatic rings. The number of benzene rings is 1. The van der Waals surface area contributed by atoms with Gasteiger partial charge >= 0.3 is 0 Å². The molecule has 2 N–H and O–H groups in total. The Balaban J connectivity index is 1.59. The summed E-state index contributed by atoms with van der Waals surface area (Å²) in [5.74, 6) is 0.0796. The molecule has 0 spiro atoms. The Morgan fingerprint density at radius 1 is 1.32 bits per heavy atom. The lowest BCUT2D eigenvalue weighted by Gasteiger charge is -2.37. The van der Waals surface area contributed by atoms with Crippen LogP contribution in [-0.4, -0.2) is 54.9 Å². The van der Waals surface area contributed by atoms with E-state index < -0.39 is 5.60 Å². The van der Waals surface area contributed by atoms with Crippen molar-refractivity contribution in [3.8, 4) is 0 Å². The van der Waals surface area contributed by atoms with E-state index in [1.54, 1.807) is 7.11 Å². The van der Waals surface area contributed by atoms with Crippen molar-refractivity contribution in [1.82, 2.24) is 10.2 Å². The third kappa shape index (κ3) is 4.40. The molecule has 1 fully saturated rings. The number of amides is 1. The topological polar surface area (TPSA) is 61.8 Å². The Morgan fingerprint density at radius 2 is 2.08 bits per heavy atom. The number of nitrogens with zero attached hydrogens (tertiary/aromatic N) is 1. The van der Waals surface area contributed by atoms with E-state index in [2.05, 4.69) is 17.4 Å². The van der Waals surface area contributed by atoms with Gasteiger partial charge in [0.05, 0.1) is 24.8 Å². The molecule has 25 heavy (non-hydrogen) atoms. The predicted octanol–water partition coefficient (Wildman–Crippen LogP) is 2.04. The molecule has 1 heterocycles. The van der Waals surface area contributed by atoms with Gasteiger partial charge in [0, 0.05) is 20.2 Å². The Hall–Kier alpha value is -1.43. The van der Waals surface area contributed by atoms with Crippen molar-refractivity contribution in [2.45, 2.75) is 50.2 Å². The zero-order valence-electron chi connectivity index (χ0n) is 15.2. The number of methoxy groups -OCH3 is 1. The number of rotatable bonds is 6. The van der Waals surface area contributed by atoms with Gasteiger partial charge in [0.15, 0.2) is 0 Å². The lowest BCUT2D eigenvalue weighted by atomic mass is 9.85. The van der Waals surface area contributed by atoms with Crippen LogP contribution in [0.15, 0.2) is 24.3 Å². The van der Waals surface area contributed by atoms with Gasteiger partial charge in [-0.05, 0) is 30.4 Å². The number of carbonyl (C=O) groups is 1. The second kappa shape index (κ2) is 8.30. The number of nitrogens with one attached hydrogen (secondary N) is 1. The first-order valence-electron chi connectivity index (χ1n) is 9.42. The fourth-order valence-corrected chi connectivity index (χ4v) is 4.18. The van der Waals surface area contributed by atoms with Crippen LogP contribution >= 0.6 is 0 Å². The predicted molar refractivity (Wildman–Crippen MR) is 97.4 cm³/mol. The normalized spacial score (nSPS) is 22.5. The van der Waals surface area contributed by atoms with E-state index in [0.717, 1.165) is 38.6 Å². The summed E-state index contributed by atoms with van der Waals surface area (Å²) < 4.78 is 5.38. The quantitative estimate of drug-likeness (QED) is 0.827. The molecule has 138 valence electrons. The summed E-state index contributed by atoms with van der Waals surface area (Å²) in [5, 5.41) is 13.8. The highest BCUT2D eigenvalue weighted by atomic mass is 16.5. The smallest absolute Gasteiger partial charge is 0.237 e. The number of ether oxygens (including phenoxy) is 1. The minimum atomic E-state index is -0.640. The van der Waals surface area contributed by atoms with Crippen LogP contribution in [0.5, 0.6) is 0 Å². The molecule has 5 heteroatoms. The summed E-state index contributed by atoms with van der Waals surface area (Å²) in [6, 6.07) is 8.27. The summed E-state index contributed by atoms with van der Waals surface area (Å²) in [6.07, 6.45) is 5.89. The Labute approximate surface area is 150 Å². The molecule has 1 saturated carbocycles. The van der Waals surface area contributed by atoms with Crippen molar-refractivity contribution in [2.75, 3.05) is 33.4 Å². The van der Waals surface area contributed by atoms with Crippen LogP contribution in [0.25, 0.3) is 0 Å². The van der Waals surface area contributed by atoms with Gasteiger partial charge in [0.1, 0.15) is 0 Å². The van der Waals surface area contributed by atoms with Gasteiger partial charge in [-0.2, -0.15) is 0 Å². The molecule has 0 aromatic heterocycles. The zero-order valence-corrected chi connectivity index (χ0v) is 15.2. The average Bonchev–Trinajstić information content (AvgIpc) is 2.62. The maximum Gasteiger partial charge on any atom is 0.237 e. The second-order valence-electron chi connectivity index (χ2n) is 7.40. The molecule has 1 amide bonds. The van der Waals surface area contributed by atoms with E-state index in [9.17, 15) is 9.90 Å². The first-order valence-corrected chi connectivity index (χ1v) is 9.42. The third-order valence-corrected chi connectivity index (χ3v) is 5.57. The second-order valence-corrected chi connectivity index (χ2v) is 7.40. The summed E-state index contributed by atoms with van der Waals surface area (Å²) in [5.41, 5.74) is 1.85. The van der Waals surface area contributed by atoms with Crippen LogP contribution < -0.4 is 5.32 Å². The van der Waals surface area contributed by atoms with E-state index in [1.165, 1.54) is 17.5 Å². The first kappa shape index (κ1) is 18.4. The number of carbonyl (C=O) groups excluding carboxylic acids is 1. The SMILES string of the molecule is COCC1c2ccccc2CCN1C(=O)CNCC1(O)CCCCC1. The molecule has 0 bridgehead atoms. The number of hydrogen-bond donors (Lipinski definition) is 2. The minimum absolute atomic E-state index is 0.0259. The van der Waals surface area contributed by atoms with Gasteiger partial charge in [-0.1, -0.05) is 43.5 Å². The highest BCUT2D eigenvalue weighted by Gasteiger charge is 2.32. The molecular formula is C20H30N2O3. The molecule has 1 aliphatic heterocycles. The molecule has 3 rings (SSSR count). The fraction of sp³-hybridized carbons (Fsp3) is 0.650. The van der Waals surface area contributed by atoms with Crippen molar-refractivity contribution in [1.29, 1.82) is 0 Å². The first-order chi connectivity index (χ1) is 12.1. The maximum absolute atomic E-state index is 12.8. The van der Waals surface area contributed by atoms with E-state index in [0.29, 0.717) is 13.2 Å². The summed E-state index contributed by atoms with van der Waals surface area (Å²) in [6.45, 7) is 1.99. The van der Waals surface area contributed by atoms with Crippen LogP contribution in [0.1, 0.15) is 49.3 Å². The molecule has 0 saturated heterocycles. The highest BCUT2D eigenvalue weighted by Crippen LogP contribution is 2.30. The molecule has 1 aromatic carbocycles. The summed E-state index contributed by atoms with van der Waals surface area (Å²) >= 11 is 0. The van der Waals surface area contributed by atoms with Gasteiger partial charge in [0.2, 0.25) is 5.91 Å². The van der Waals surface area contributed by atoms with E-state index in [1.807, 2.05) is 17.0 Å². The van der Waals surface area contributed by atoms with Crippen LogP contribution in [0, 0.1) is 0 Å². The largest absolute Gasteiger partial charge is 0.389 e. The van der Waals surface area contributed by atoms with Gasteiger partial charge in [-0.15, -0.1) is 0 Å². The van der Waals surface area contributed by atoms with E-state index in [4.69, 9.17) is 4.74 Å². The lowest BCUT2D eigenvalue weighted by Crippen LogP contribution is -2.48. The van der Waals surface area contributed by atoms with Crippen molar-refractivity contribution in [2.24, 2.45) is 0 Å². The molecule has 1 aliphatic carbocycles. The van der Waals surface area contributed by atoms with Gasteiger partial charge in [-0.3, -0.25) is 4.79 Å². The highest BCUT2D eigenvalue weighted by molar-refractivity contribution is 5.79. The van der Waals surface area contributed by atoms with Crippen LogP contribution in [0.2, 0.25) is 0 Å². The average molecular weight is 346 g/mol. The molecule has 1 atom stereocenters. The van der Waals surface area contributed by atoms with Gasteiger partial charge in [0.25, 0.3) is 0 Å². The molecule has 2 aliphatic rings. The van der Waals surface area contributed by atoms with Gasteiger partial charge in [-0.25, -0.2) is 0 Å². The molecule has 5 nitrogen and oxygen atoms in total. The van der Waals surface area contributed by atoms with Crippen LogP contribution in [-0.2, 0) is 16.0 Å².